The molecule has 0 radical (unpaired) electrons. The van der Waals surface area contributed by atoms with Crippen molar-refractivity contribution in [2.75, 3.05) is 49.9 Å². The topological polar surface area (TPSA) is 67.1 Å². The van der Waals surface area contributed by atoms with Crippen molar-refractivity contribution in [3.05, 3.63) is 58.7 Å². The van der Waals surface area contributed by atoms with Crippen molar-refractivity contribution >= 4 is 23.2 Å². The fraction of sp³-hybridized carbons (Fsp3) is 0.417. The van der Waals surface area contributed by atoms with Crippen molar-refractivity contribution in [3.63, 3.8) is 0 Å². The zero-order chi connectivity index (χ0) is 21.7. The van der Waals surface area contributed by atoms with Gasteiger partial charge in [-0.25, -0.2) is 0 Å². The molecule has 2 amide bonds. The summed E-state index contributed by atoms with van der Waals surface area (Å²) in [6, 6.07) is 12.1. The number of rotatable bonds is 6. The molecule has 1 fully saturated rings. The molecule has 3 rings (SSSR count). The average molecular weight is 411 g/mol. The van der Waals surface area contributed by atoms with E-state index < -0.39 is 0 Å². The third-order valence-electron chi connectivity index (χ3n) is 5.90. The quantitative estimate of drug-likeness (QED) is 0.553. The van der Waals surface area contributed by atoms with Gasteiger partial charge in [0.05, 0.1) is 0 Å². The van der Waals surface area contributed by atoms with E-state index in [4.69, 9.17) is 0 Å². The maximum atomic E-state index is 12.5. The third-order valence-corrected chi connectivity index (χ3v) is 5.90. The lowest BCUT2D eigenvalue weighted by Crippen LogP contribution is -3.28. The van der Waals surface area contributed by atoms with Crippen LogP contribution in [-0.2, 0) is 9.59 Å². The van der Waals surface area contributed by atoms with Crippen LogP contribution in [0.5, 0.6) is 0 Å². The number of carbonyl (C=O) groups is 2. The Balaban J connectivity index is 1.44. The van der Waals surface area contributed by atoms with Crippen LogP contribution in [0.4, 0.5) is 11.4 Å². The van der Waals surface area contributed by atoms with E-state index in [1.807, 2.05) is 58.0 Å². The number of hydrogen-bond acceptors (Lipinski definition) is 2. The number of para-hydroxylation sites is 1. The second-order valence-electron chi connectivity index (χ2n) is 8.54. The Hall–Kier alpha value is -2.70. The van der Waals surface area contributed by atoms with Gasteiger partial charge in [0.1, 0.15) is 26.2 Å². The van der Waals surface area contributed by atoms with Gasteiger partial charge < -0.3 is 20.4 Å². The minimum Gasteiger partial charge on any atom is -0.321 e. The van der Waals surface area contributed by atoms with Crippen LogP contribution in [-0.4, -0.2) is 51.1 Å². The number of amides is 2. The monoisotopic (exact) mass is 410 g/mol. The second-order valence-corrected chi connectivity index (χ2v) is 8.54. The Labute approximate surface area is 179 Å². The number of anilines is 2. The molecule has 0 aromatic heterocycles. The largest absolute Gasteiger partial charge is 0.321 e. The number of nitrogens with one attached hydrogen (secondary N) is 4. The van der Waals surface area contributed by atoms with Gasteiger partial charge in [-0.3, -0.25) is 9.59 Å². The molecule has 0 atom stereocenters. The minimum atomic E-state index is 0.0509. The standard InChI is InChI=1S/C24H32N4O2/c1-17-8-9-18(2)21(14-17)25-22(29)15-27-10-12-28(13-11-27)16-23(30)26-24-19(3)6-5-7-20(24)4/h5-9,14H,10-13,15-16H2,1-4H3,(H,25,29)(H,26,30)/p+2. The van der Waals surface area contributed by atoms with Gasteiger partial charge in [0, 0.05) is 11.4 Å². The van der Waals surface area contributed by atoms with Crippen LogP contribution >= 0.6 is 0 Å². The van der Waals surface area contributed by atoms with Crippen LogP contribution in [0, 0.1) is 27.7 Å². The van der Waals surface area contributed by atoms with Gasteiger partial charge in [-0.2, -0.15) is 0 Å². The van der Waals surface area contributed by atoms with Gasteiger partial charge in [0.15, 0.2) is 13.1 Å². The summed E-state index contributed by atoms with van der Waals surface area (Å²) in [5.41, 5.74) is 6.21. The van der Waals surface area contributed by atoms with Gasteiger partial charge in [0.2, 0.25) is 0 Å². The van der Waals surface area contributed by atoms with Crippen molar-refractivity contribution in [2.45, 2.75) is 27.7 Å². The fourth-order valence-electron chi connectivity index (χ4n) is 4.02. The van der Waals surface area contributed by atoms with Gasteiger partial charge in [-0.15, -0.1) is 0 Å². The molecule has 6 heteroatoms. The summed E-state index contributed by atoms with van der Waals surface area (Å²) in [7, 11) is 0. The third kappa shape index (κ3) is 5.90. The summed E-state index contributed by atoms with van der Waals surface area (Å²) in [6.45, 7) is 12.6. The highest BCUT2D eigenvalue weighted by Crippen LogP contribution is 2.19. The first kappa shape index (κ1) is 22.0. The molecule has 4 N–H and O–H groups in total. The highest BCUT2D eigenvalue weighted by atomic mass is 16.2. The van der Waals surface area contributed by atoms with Crippen LogP contribution < -0.4 is 20.4 Å². The van der Waals surface area contributed by atoms with Crippen LogP contribution in [0.25, 0.3) is 0 Å². The second kappa shape index (κ2) is 9.87. The van der Waals surface area contributed by atoms with E-state index in [0.717, 1.165) is 59.8 Å². The lowest BCUT2D eigenvalue weighted by atomic mass is 10.1. The molecule has 1 saturated heterocycles. The number of benzene rings is 2. The molecule has 0 saturated carbocycles. The summed E-state index contributed by atoms with van der Waals surface area (Å²) in [5, 5.41) is 6.12. The average Bonchev–Trinajstić information content (AvgIpc) is 2.69. The van der Waals surface area contributed by atoms with Crippen molar-refractivity contribution in [1.82, 2.24) is 0 Å². The van der Waals surface area contributed by atoms with Crippen molar-refractivity contribution in [3.8, 4) is 0 Å². The molecule has 30 heavy (non-hydrogen) atoms. The molecule has 0 unspecified atom stereocenters. The Kier molecular flexibility index (Phi) is 7.24. The first-order valence-corrected chi connectivity index (χ1v) is 10.7. The molecule has 160 valence electrons. The van der Waals surface area contributed by atoms with Gasteiger partial charge in [-0.05, 0) is 56.0 Å². The number of quaternary nitrogens is 2. The van der Waals surface area contributed by atoms with E-state index in [1.54, 1.807) is 0 Å². The van der Waals surface area contributed by atoms with E-state index >= 15 is 0 Å². The van der Waals surface area contributed by atoms with Gasteiger partial charge in [0.25, 0.3) is 11.8 Å². The summed E-state index contributed by atoms with van der Waals surface area (Å²) in [4.78, 5) is 27.5. The van der Waals surface area contributed by atoms with Gasteiger partial charge >= 0.3 is 0 Å². The molecular formula is C24H34N4O2+2. The van der Waals surface area contributed by atoms with E-state index in [1.165, 1.54) is 9.80 Å². The number of hydrogen-bond donors (Lipinski definition) is 4. The lowest BCUT2D eigenvalue weighted by Gasteiger charge is -2.29. The SMILES string of the molecule is Cc1ccc(C)c(NC(=O)C[NH+]2CC[NH+](CC(=O)Nc3c(C)cccc3C)CC2)c1. The maximum absolute atomic E-state index is 12.5. The van der Waals surface area contributed by atoms with Crippen LogP contribution in [0.1, 0.15) is 22.3 Å². The van der Waals surface area contributed by atoms with E-state index in [0.29, 0.717) is 13.1 Å². The predicted molar refractivity (Wildman–Crippen MR) is 120 cm³/mol. The molecule has 0 spiro atoms. The highest BCUT2D eigenvalue weighted by Gasteiger charge is 2.26. The first-order valence-electron chi connectivity index (χ1n) is 10.7. The zero-order valence-corrected chi connectivity index (χ0v) is 18.5. The molecule has 2 aromatic carbocycles. The molecular weight excluding hydrogens is 376 g/mol. The number of aryl methyl sites for hydroxylation is 4. The van der Waals surface area contributed by atoms with Crippen molar-refractivity contribution in [1.29, 1.82) is 0 Å². The molecule has 6 nitrogen and oxygen atoms in total. The smallest absolute Gasteiger partial charge is 0.279 e. The van der Waals surface area contributed by atoms with Crippen molar-refractivity contribution < 1.29 is 19.4 Å². The van der Waals surface area contributed by atoms with Crippen LogP contribution in [0.3, 0.4) is 0 Å². The normalized spacial score (nSPS) is 18.7. The van der Waals surface area contributed by atoms with E-state index in [9.17, 15) is 9.59 Å². The van der Waals surface area contributed by atoms with Crippen LogP contribution in [0.15, 0.2) is 36.4 Å². The Bertz CT molecular complexity index is 897. The van der Waals surface area contributed by atoms with Gasteiger partial charge in [-0.1, -0.05) is 30.3 Å². The van der Waals surface area contributed by atoms with Crippen LogP contribution in [0.2, 0.25) is 0 Å². The first-order chi connectivity index (χ1) is 14.3. The number of carbonyl (C=O) groups excluding carboxylic acids is 2. The van der Waals surface area contributed by atoms with Crippen molar-refractivity contribution in [2.24, 2.45) is 0 Å². The predicted octanol–water partition coefficient (Wildman–Crippen LogP) is 0.281. The maximum Gasteiger partial charge on any atom is 0.279 e. The summed E-state index contributed by atoms with van der Waals surface area (Å²) >= 11 is 0. The molecule has 1 aliphatic heterocycles. The Morgan fingerprint density at radius 3 is 1.87 bits per heavy atom. The molecule has 1 heterocycles. The molecule has 0 bridgehead atoms. The highest BCUT2D eigenvalue weighted by molar-refractivity contribution is 5.93. The summed E-state index contributed by atoms with van der Waals surface area (Å²) in [6.07, 6.45) is 0. The molecule has 0 aliphatic carbocycles. The Morgan fingerprint density at radius 1 is 0.767 bits per heavy atom. The van der Waals surface area contributed by atoms with E-state index in [-0.39, 0.29) is 11.8 Å². The zero-order valence-electron chi connectivity index (χ0n) is 18.5. The molecule has 1 aliphatic rings. The summed E-state index contributed by atoms with van der Waals surface area (Å²) < 4.78 is 0. The Morgan fingerprint density at radius 2 is 1.30 bits per heavy atom. The fourth-order valence-corrected chi connectivity index (χ4v) is 4.02. The minimum absolute atomic E-state index is 0.0509. The summed E-state index contributed by atoms with van der Waals surface area (Å²) in [5.74, 6) is 0.105. The van der Waals surface area contributed by atoms with E-state index in [2.05, 4.69) is 16.7 Å². The molecule has 2 aromatic rings. The number of piperazine rings is 1. The lowest BCUT2D eigenvalue weighted by molar-refractivity contribution is -1.00.